The van der Waals surface area contributed by atoms with Crippen molar-refractivity contribution in [2.45, 2.75) is 18.9 Å². The molecule has 6 heteroatoms. The molecule has 0 radical (unpaired) electrons. The van der Waals surface area contributed by atoms with Gasteiger partial charge in [0.25, 0.3) is 0 Å². The van der Waals surface area contributed by atoms with E-state index in [2.05, 4.69) is 27.6 Å². The first-order valence-corrected chi connectivity index (χ1v) is 7.04. The van der Waals surface area contributed by atoms with Gasteiger partial charge < -0.3 is 4.57 Å². The van der Waals surface area contributed by atoms with E-state index in [1.807, 2.05) is 47.9 Å². The third-order valence-corrected chi connectivity index (χ3v) is 3.90. The molecular weight excluding hydrogens is 264 g/mol. The number of aromatic nitrogens is 4. The smallest absolute Gasteiger partial charge is 0.108 e. The van der Waals surface area contributed by atoms with E-state index in [1.165, 1.54) is 0 Å². The van der Waals surface area contributed by atoms with Crippen LogP contribution in [0.1, 0.15) is 24.0 Å². The minimum absolute atomic E-state index is 0.00722. The molecule has 0 aliphatic carbocycles. The molecule has 0 saturated heterocycles. The summed E-state index contributed by atoms with van der Waals surface area (Å²) in [6.45, 7) is 0. The Labute approximate surface area is 123 Å². The molecule has 0 bridgehead atoms. The number of fused-ring (bicyclic) bond motifs is 1. The highest BCUT2D eigenvalue weighted by Crippen LogP contribution is 2.25. The molecule has 0 aliphatic rings. The van der Waals surface area contributed by atoms with Crippen molar-refractivity contribution in [3.05, 3.63) is 48.2 Å². The van der Waals surface area contributed by atoms with E-state index in [0.717, 1.165) is 35.3 Å². The van der Waals surface area contributed by atoms with Gasteiger partial charge in [-0.2, -0.15) is 5.10 Å². The largest absolute Gasteiger partial charge is 0.338 e. The van der Waals surface area contributed by atoms with E-state index < -0.39 is 0 Å². The molecule has 6 nitrogen and oxygen atoms in total. The third-order valence-electron chi connectivity index (χ3n) is 3.90. The topological polar surface area (TPSA) is 73.7 Å². The molecule has 3 N–H and O–H groups in total. The van der Waals surface area contributed by atoms with Crippen LogP contribution in [0.25, 0.3) is 10.9 Å². The molecule has 1 atom stereocenters. The van der Waals surface area contributed by atoms with E-state index >= 15 is 0 Å². The minimum atomic E-state index is 0.00722. The fraction of sp³-hybridized carbons (Fsp3) is 0.333. The second-order valence-corrected chi connectivity index (χ2v) is 5.24. The lowest BCUT2D eigenvalue weighted by Crippen LogP contribution is -2.29. The summed E-state index contributed by atoms with van der Waals surface area (Å²) in [4.78, 5) is 4.35. The molecule has 2 aromatic heterocycles. The van der Waals surface area contributed by atoms with Gasteiger partial charge >= 0.3 is 0 Å². The predicted octanol–water partition coefficient (Wildman–Crippen LogP) is 1.44. The second-order valence-electron chi connectivity index (χ2n) is 5.24. The quantitative estimate of drug-likeness (QED) is 0.549. The molecule has 3 aromatic rings. The maximum absolute atomic E-state index is 5.76. The zero-order chi connectivity index (χ0) is 14.8. The van der Waals surface area contributed by atoms with Crippen molar-refractivity contribution in [2.75, 3.05) is 0 Å². The highest BCUT2D eigenvalue weighted by molar-refractivity contribution is 5.82. The Balaban J connectivity index is 1.86. The van der Waals surface area contributed by atoms with Crippen molar-refractivity contribution in [2.24, 2.45) is 19.9 Å². The van der Waals surface area contributed by atoms with Crippen LogP contribution >= 0.6 is 0 Å². The van der Waals surface area contributed by atoms with Crippen LogP contribution in [0.3, 0.4) is 0 Å². The summed E-state index contributed by atoms with van der Waals surface area (Å²) in [5.74, 6) is 6.81. The molecule has 0 fully saturated rings. The number of rotatable bonds is 5. The molecule has 0 saturated carbocycles. The summed E-state index contributed by atoms with van der Waals surface area (Å²) in [5.41, 5.74) is 5.00. The lowest BCUT2D eigenvalue weighted by atomic mass is 10.0. The lowest BCUT2D eigenvalue weighted by Gasteiger charge is -2.13. The first-order valence-electron chi connectivity index (χ1n) is 7.04. The Bertz CT molecular complexity index is 742. The Morgan fingerprint density at radius 1 is 1.29 bits per heavy atom. The fourth-order valence-electron chi connectivity index (χ4n) is 2.71. The van der Waals surface area contributed by atoms with Crippen molar-refractivity contribution in [1.82, 2.24) is 24.8 Å². The number of nitrogens with one attached hydrogen (secondary N) is 1. The predicted molar refractivity (Wildman–Crippen MR) is 82.3 cm³/mol. The van der Waals surface area contributed by atoms with Crippen LogP contribution in [-0.2, 0) is 20.5 Å². The van der Waals surface area contributed by atoms with Gasteiger partial charge in [-0.05, 0) is 12.5 Å². The Morgan fingerprint density at radius 2 is 2.10 bits per heavy atom. The van der Waals surface area contributed by atoms with Gasteiger partial charge in [0.1, 0.15) is 5.82 Å². The standard InChI is InChI=1S/C15H20N6/c1-20-10-9-17-14(20)8-7-12(18-16)15-11-5-3-4-6-13(11)21(2)19-15/h3-6,9-10,12,18H,7-8,16H2,1-2H3. The van der Waals surface area contributed by atoms with Gasteiger partial charge in [-0.3, -0.25) is 16.0 Å². The van der Waals surface area contributed by atoms with Crippen molar-refractivity contribution in [3.8, 4) is 0 Å². The van der Waals surface area contributed by atoms with Crippen LogP contribution in [0.5, 0.6) is 0 Å². The van der Waals surface area contributed by atoms with Gasteiger partial charge in [0.2, 0.25) is 0 Å². The average Bonchev–Trinajstić information content (AvgIpc) is 3.05. The molecule has 21 heavy (non-hydrogen) atoms. The van der Waals surface area contributed by atoms with Gasteiger partial charge in [0, 0.05) is 38.3 Å². The van der Waals surface area contributed by atoms with Gasteiger partial charge in [0.15, 0.2) is 0 Å². The molecule has 0 amide bonds. The van der Waals surface area contributed by atoms with Crippen molar-refractivity contribution in [1.29, 1.82) is 0 Å². The molecule has 1 unspecified atom stereocenters. The number of nitrogens with two attached hydrogens (primary N) is 1. The average molecular weight is 284 g/mol. The highest BCUT2D eigenvalue weighted by Gasteiger charge is 2.18. The van der Waals surface area contributed by atoms with Crippen LogP contribution in [0.15, 0.2) is 36.7 Å². The van der Waals surface area contributed by atoms with E-state index in [0.29, 0.717) is 0 Å². The fourth-order valence-corrected chi connectivity index (χ4v) is 2.71. The highest BCUT2D eigenvalue weighted by atomic mass is 15.3. The van der Waals surface area contributed by atoms with E-state index in [4.69, 9.17) is 5.84 Å². The van der Waals surface area contributed by atoms with E-state index in [9.17, 15) is 0 Å². The molecule has 2 heterocycles. The van der Waals surface area contributed by atoms with Crippen LogP contribution in [-0.4, -0.2) is 19.3 Å². The van der Waals surface area contributed by atoms with Crippen LogP contribution in [0, 0.1) is 0 Å². The van der Waals surface area contributed by atoms with Crippen LogP contribution in [0.2, 0.25) is 0 Å². The summed E-state index contributed by atoms with van der Waals surface area (Å²) in [5, 5.41) is 5.77. The molecule has 110 valence electrons. The summed E-state index contributed by atoms with van der Waals surface area (Å²) in [6.07, 6.45) is 5.47. The molecule has 1 aromatic carbocycles. The maximum atomic E-state index is 5.76. The Morgan fingerprint density at radius 3 is 2.81 bits per heavy atom. The molecule has 3 rings (SSSR count). The SMILES string of the molecule is Cn1ccnc1CCC(NN)c1nn(C)c2ccccc12. The second kappa shape index (κ2) is 5.67. The van der Waals surface area contributed by atoms with E-state index in [-0.39, 0.29) is 6.04 Å². The number of hydrogen-bond donors (Lipinski definition) is 2. The molecule has 0 aliphatic heterocycles. The molecular formula is C15H20N6. The number of hydrazine groups is 1. The van der Waals surface area contributed by atoms with Gasteiger partial charge in [0.05, 0.1) is 17.3 Å². The number of hydrogen-bond acceptors (Lipinski definition) is 4. The first-order chi connectivity index (χ1) is 10.2. The third kappa shape index (κ3) is 2.55. The summed E-state index contributed by atoms with van der Waals surface area (Å²) in [6, 6.07) is 8.21. The number of nitrogens with zero attached hydrogens (tertiary/aromatic N) is 4. The van der Waals surface area contributed by atoms with Gasteiger partial charge in [-0.15, -0.1) is 0 Å². The summed E-state index contributed by atoms with van der Waals surface area (Å²) < 4.78 is 3.93. The van der Waals surface area contributed by atoms with Crippen molar-refractivity contribution >= 4 is 10.9 Å². The Kier molecular flexibility index (Phi) is 3.72. The van der Waals surface area contributed by atoms with Crippen molar-refractivity contribution < 1.29 is 0 Å². The minimum Gasteiger partial charge on any atom is -0.338 e. The number of imidazole rings is 1. The maximum Gasteiger partial charge on any atom is 0.108 e. The normalized spacial score (nSPS) is 12.9. The van der Waals surface area contributed by atoms with Gasteiger partial charge in [-0.25, -0.2) is 4.98 Å². The van der Waals surface area contributed by atoms with Crippen LogP contribution < -0.4 is 11.3 Å². The lowest BCUT2D eigenvalue weighted by molar-refractivity contribution is 0.492. The van der Waals surface area contributed by atoms with Crippen molar-refractivity contribution in [3.63, 3.8) is 0 Å². The van der Waals surface area contributed by atoms with Gasteiger partial charge in [-0.1, -0.05) is 18.2 Å². The zero-order valence-corrected chi connectivity index (χ0v) is 12.3. The summed E-state index contributed by atoms with van der Waals surface area (Å²) in [7, 11) is 3.96. The number of benzene rings is 1. The first kappa shape index (κ1) is 13.8. The zero-order valence-electron chi connectivity index (χ0n) is 12.3. The Hall–Kier alpha value is -2.18. The van der Waals surface area contributed by atoms with E-state index in [1.54, 1.807) is 0 Å². The summed E-state index contributed by atoms with van der Waals surface area (Å²) >= 11 is 0. The monoisotopic (exact) mass is 284 g/mol. The van der Waals surface area contributed by atoms with Crippen LogP contribution in [0.4, 0.5) is 0 Å². The number of para-hydroxylation sites is 1. The number of aryl methyl sites for hydroxylation is 3. The molecule has 0 spiro atoms.